The summed E-state index contributed by atoms with van der Waals surface area (Å²) in [5, 5.41) is 5.03. The monoisotopic (exact) mass is 1150 g/mol. The standard InChI is InChI=1S/C82H58B2N6/c1-51-33-37-69-61(41-51)62-42-52(2)34-38-70(62)89(69)59-45-77-81-79(47-59)87(57-25-13-7-14-26-57)75-49-68-76(50-67(75)83(81)65-29-17-19-31-73(65)85(77)55-21-9-5-10-22-55)88(58-27-15-8-16-28-58)80-48-60(90-71-39-35-53(3)43-63(71)64-44-54(4)36-40-72(64)90)46-78-82(80)84(68)66-30-18-20-32-74(66)86(78)56-23-11-6-12-24-56/h5-50H,1-4H3. The number of hydrogen-bond donors (Lipinski definition) is 0. The van der Waals surface area contributed by atoms with Crippen LogP contribution in [0.2, 0.25) is 0 Å². The van der Waals surface area contributed by atoms with Crippen molar-refractivity contribution in [2.45, 2.75) is 27.7 Å². The molecule has 0 amide bonds. The van der Waals surface area contributed by atoms with Crippen molar-refractivity contribution in [3.05, 3.63) is 301 Å². The highest BCUT2D eigenvalue weighted by atomic mass is 15.2. The molecule has 4 aliphatic heterocycles. The van der Waals surface area contributed by atoms with Gasteiger partial charge in [0.2, 0.25) is 0 Å². The minimum absolute atomic E-state index is 0.151. The van der Waals surface area contributed by atoms with Crippen LogP contribution >= 0.6 is 0 Å². The summed E-state index contributed by atoms with van der Waals surface area (Å²) in [5.41, 5.74) is 33.3. The molecule has 4 aliphatic rings. The van der Waals surface area contributed by atoms with E-state index >= 15 is 0 Å². The molecule has 8 heteroatoms. The van der Waals surface area contributed by atoms with E-state index in [0.717, 1.165) is 56.9 Å². The lowest BCUT2D eigenvalue weighted by atomic mass is 9.31. The zero-order valence-corrected chi connectivity index (χ0v) is 50.4. The molecule has 2 aromatic heterocycles. The number of para-hydroxylation sites is 6. The molecule has 0 saturated carbocycles. The molecule has 6 heterocycles. The molecule has 422 valence electrons. The fraction of sp³-hybridized carbons (Fsp3) is 0.0488. The van der Waals surface area contributed by atoms with Crippen LogP contribution in [-0.2, 0) is 0 Å². The van der Waals surface area contributed by atoms with Gasteiger partial charge in [-0.2, -0.15) is 0 Å². The molecule has 6 nitrogen and oxygen atoms in total. The highest BCUT2D eigenvalue weighted by Gasteiger charge is 2.49. The van der Waals surface area contributed by atoms with E-state index in [-0.39, 0.29) is 13.4 Å². The van der Waals surface area contributed by atoms with Gasteiger partial charge in [-0.05, 0) is 206 Å². The van der Waals surface area contributed by atoms with Crippen LogP contribution < -0.4 is 52.4 Å². The number of benzene rings is 13. The summed E-state index contributed by atoms with van der Waals surface area (Å²) in [7, 11) is 0. The van der Waals surface area contributed by atoms with E-state index in [0.29, 0.717) is 0 Å². The van der Waals surface area contributed by atoms with Crippen molar-refractivity contribution in [3.63, 3.8) is 0 Å². The molecule has 0 unspecified atom stereocenters. The Morgan fingerprint density at radius 3 is 0.778 bits per heavy atom. The van der Waals surface area contributed by atoms with Crippen LogP contribution in [0, 0.1) is 27.7 Å². The Labute approximate surface area is 524 Å². The van der Waals surface area contributed by atoms with Crippen molar-refractivity contribution < 1.29 is 0 Å². The molecule has 0 radical (unpaired) electrons. The summed E-state index contributed by atoms with van der Waals surface area (Å²) in [4.78, 5) is 10.3. The first-order chi connectivity index (χ1) is 44.3. The van der Waals surface area contributed by atoms with Crippen LogP contribution in [0.15, 0.2) is 279 Å². The van der Waals surface area contributed by atoms with Crippen molar-refractivity contribution in [2.75, 3.05) is 19.6 Å². The smallest absolute Gasteiger partial charge is 0.252 e. The first-order valence-electron chi connectivity index (χ1n) is 31.5. The Morgan fingerprint density at radius 1 is 0.211 bits per heavy atom. The van der Waals surface area contributed by atoms with Gasteiger partial charge in [-0.1, -0.05) is 156 Å². The Kier molecular flexibility index (Phi) is 10.8. The third-order valence-corrected chi connectivity index (χ3v) is 19.8. The van der Waals surface area contributed by atoms with Crippen LogP contribution in [0.25, 0.3) is 55.0 Å². The van der Waals surface area contributed by atoms with Crippen molar-refractivity contribution >= 4 is 158 Å². The van der Waals surface area contributed by atoms with Gasteiger partial charge in [0.15, 0.2) is 0 Å². The lowest BCUT2D eigenvalue weighted by Crippen LogP contribution is -2.64. The van der Waals surface area contributed by atoms with Crippen molar-refractivity contribution in [2.24, 2.45) is 0 Å². The Hall–Kier alpha value is -11.2. The molecule has 13 aromatic carbocycles. The molecule has 90 heavy (non-hydrogen) atoms. The molecule has 0 saturated heterocycles. The summed E-state index contributed by atoms with van der Waals surface area (Å²) < 4.78 is 5.04. The van der Waals surface area contributed by atoms with E-state index in [9.17, 15) is 0 Å². The van der Waals surface area contributed by atoms with Gasteiger partial charge in [0.05, 0.1) is 33.4 Å². The zero-order valence-electron chi connectivity index (χ0n) is 50.4. The van der Waals surface area contributed by atoms with Gasteiger partial charge in [0.25, 0.3) is 13.4 Å². The Morgan fingerprint density at radius 2 is 0.478 bits per heavy atom. The summed E-state index contributed by atoms with van der Waals surface area (Å²) in [5.74, 6) is 0. The molecule has 15 aromatic rings. The van der Waals surface area contributed by atoms with Gasteiger partial charge in [-0.15, -0.1) is 0 Å². The highest BCUT2D eigenvalue weighted by Crippen LogP contribution is 2.51. The minimum Gasteiger partial charge on any atom is -0.311 e. The van der Waals surface area contributed by atoms with Crippen LogP contribution in [0.1, 0.15) is 22.3 Å². The quantitative estimate of drug-likeness (QED) is 0.155. The van der Waals surface area contributed by atoms with Crippen LogP contribution in [0.3, 0.4) is 0 Å². The first-order valence-corrected chi connectivity index (χ1v) is 31.5. The SMILES string of the molecule is Cc1ccc2c(c1)c1cc(C)ccc1n2-c1cc2c3c(c1)N(c1ccccc1)c1cc4c(cc1B3c1ccccc1N2c1ccccc1)N(c1ccccc1)c1cc(-n2c3ccc(C)cc3c3cc(C)ccc32)cc2c1B4c1ccccc1N2c1ccccc1. The van der Waals surface area contributed by atoms with Gasteiger partial charge in [-0.25, -0.2) is 0 Å². The summed E-state index contributed by atoms with van der Waals surface area (Å²) >= 11 is 0. The van der Waals surface area contributed by atoms with Crippen molar-refractivity contribution in [1.82, 2.24) is 9.13 Å². The van der Waals surface area contributed by atoms with E-state index in [4.69, 9.17) is 0 Å². The van der Waals surface area contributed by atoms with Gasteiger partial charge >= 0.3 is 0 Å². The van der Waals surface area contributed by atoms with Gasteiger partial charge in [-0.3, -0.25) is 0 Å². The van der Waals surface area contributed by atoms with Crippen LogP contribution in [0.5, 0.6) is 0 Å². The summed E-state index contributed by atoms with van der Waals surface area (Å²) in [6.07, 6.45) is 0. The number of anilines is 12. The third kappa shape index (κ3) is 7.24. The molecule has 0 atom stereocenters. The van der Waals surface area contributed by atoms with E-state index in [1.807, 2.05) is 0 Å². The number of nitrogens with zero attached hydrogens (tertiary/aromatic N) is 6. The Bertz CT molecular complexity index is 5060. The van der Waals surface area contributed by atoms with E-state index in [1.165, 1.54) is 121 Å². The van der Waals surface area contributed by atoms with Gasteiger partial charge < -0.3 is 28.7 Å². The number of rotatable bonds is 6. The number of fused-ring (bicyclic) bond motifs is 14. The summed E-state index contributed by atoms with van der Waals surface area (Å²) in [6.45, 7) is 8.53. The molecule has 19 rings (SSSR count). The van der Waals surface area contributed by atoms with Crippen LogP contribution in [-0.4, -0.2) is 22.6 Å². The second-order valence-corrected chi connectivity index (χ2v) is 25.2. The lowest BCUT2D eigenvalue weighted by Gasteiger charge is -2.47. The molecular formula is C82H58B2N6. The minimum atomic E-state index is -0.151. The number of aromatic nitrogens is 2. The molecule has 0 fully saturated rings. The second kappa shape index (κ2) is 19.1. The van der Waals surface area contributed by atoms with E-state index < -0.39 is 0 Å². The van der Waals surface area contributed by atoms with Crippen LogP contribution in [0.4, 0.5) is 68.2 Å². The first kappa shape index (κ1) is 50.9. The van der Waals surface area contributed by atoms with E-state index in [2.05, 4.69) is 335 Å². The Balaban J connectivity index is 0.946. The van der Waals surface area contributed by atoms with Gasteiger partial charge in [0, 0.05) is 89.8 Å². The molecule has 0 spiro atoms. The molecule has 0 N–H and O–H groups in total. The summed E-state index contributed by atoms with van der Waals surface area (Å²) in [6, 6.07) is 106. The maximum atomic E-state index is 2.61. The largest absolute Gasteiger partial charge is 0.311 e. The fourth-order valence-electron chi connectivity index (χ4n) is 16.1. The maximum absolute atomic E-state index is 2.61. The maximum Gasteiger partial charge on any atom is 0.252 e. The predicted octanol–water partition coefficient (Wildman–Crippen LogP) is 17.3. The second-order valence-electron chi connectivity index (χ2n) is 25.2. The number of aryl methyl sites for hydroxylation is 4. The van der Waals surface area contributed by atoms with Crippen molar-refractivity contribution in [1.29, 1.82) is 0 Å². The highest BCUT2D eigenvalue weighted by molar-refractivity contribution is 7.02. The predicted molar refractivity (Wildman–Crippen MR) is 382 cm³/mol. The van der Waals surface area contributed by atoms with Gasteiger partial charge in [0.1, 0.15) is 0 Å². The molecule has 0 aliphatic carbocycles. The number of hydrogen-bond acceptors (Lipinski definition) is 4. The average molecular weight is 1150 g/mol. The topological polar surface area (TPSA) is 22.8 Å². The normalized spacial score (nSPS) is 13.4. The zero-order chi connectivity index (χ0) is 59.6. The lowest BCUT2D eigenvalue weighted by molar-refractivity contribution is 1.15. The van der Waals surface area contributed by atoms with E-state index in [1.54, 1.807) is 0 Å². The van der Waals surface area contributed by atoms with Crippen molar-refractivity contribution in [3.8, 4) is 11.4 Å². The molecular weight excluding hydrogens is 1090 g/mol. The fourth-order valence-corrected chi connectivity index (χ4v) is 16.1. The third-order valence-electron chi connectivity index (χ3n) is 19.8. The average Bonchev–Trinajstić information content (AvgIpc) is 0.755. The molecule has 0 bridgehead atoms.